The zero-order valence-electron chi connectivity index (χ0n) is 17.1. The number of fused-ring (bicyclic) bond motifs is 3. The Morgan fingerprint density at radius 2 is 2.17 bits per heavy atom. The quantitative estimate of drug-likeness (QED) is 0.670. The maximum Gasteiger partial charge on any atom is 0.268 e. The molecule has 30 heavy (non-hydrogen) atoms. The molecule has 2 atom stereocenters. The van der Waals surface area contributed by atoms with E-state index in [1.165, 1.54) is 56.2 Å². The van der Waals surface area contributed by atoms with Crippen molar-refractivity contribution >= 4 is 17.5 Å². The van der Waals surface area contributed by atoms with E-state index in [0.29, 0.717) is 12.2 Å². The normalized spacial score (nSPS) is 23.9. The Hall–Kier alpha value is -2.97. The Labute approximate surface area is 175 Å². The van der Waals surface area contributed by atoms with Crippen molar-refractivity contribution in [3.05, 3.63) is 35.8 Å². The van der Waals surface area contributed by atoms with Crippen LogP contribution in [0.25, 0.3) is 5.65 Å². The number of rotatable bonds is 5. The Morgan fingerprint density at radius 1 is 1.23 bits per heavy atom. The molecule has 0 aromatic carbocycles. The molecule has 3 heterocycles. The van der Waals surface area contributed by atoms with Gasteiger partial charge in [0.1, 0.15) is 17.9 Å². The Morgan fingerprint density at radius 3 is 3.03 bits per heavy atom. The predicted molar refractivity (Wildman–Crippen MR) is 112 cm³/mol. The third kappa shape index (κ3) is 3.76. The highest BCUT2D eigenvalue weighted by atomic mass is 16.1. The van der Waals surface area contributed by atoms with Crippen LogP contribution >= 0.6 is 0 Å². The molecule has 2 unspecified atom stereocenters. The molecule has 0 radical (unpaired) electrons. The van der Waals surface area contributed by atoms with Gasteiger partial charge in [0.15, 0.2) is 0 Å². The SMILES string of the molecule is Nc1nnn(Cc2cn3c(C(=O)NCC45CCCCCC(CC4)C5)cccc3n2)n1. The summed E-state index contributed by atoms with van der Waals surface area (Å²) >= 11 is 0. The van der Waals surface area contributed by atoms with E-state index in [4.69, 9.17) is 5.73 Å². The molecule has 0 saturated heterocycles. The molecule has 5 rings (SSSR count). The van der Waals surface area contributed by atoms with Crippen molar-refractivity contribution in [2.24, 2.45) is 11.3 Å². The highest BCUT2D eigenvalue weighted by Gasteiger charge is 2.39. The summed E-state index contributed by atoms with van der Waals surface area (Å²) in [6.45, 7) is 1.11. The highest BCUT2D eigenvalue weighted by Crippen LogP contribution is 2.48. The summed E-state index contributed by atoms with van der Waals surface area (Å²) in [6.07, 6.45) is 12.2. The van der Waals surface area contributed by atoms with Gasteiger partial charge in [-0.1, -0.05) is 36.8 Å². The first-order chi connectivity index (χ1) is 14.6. The number of imidazole rings is 1. The highest BCUT2D eigenvalue weighted by molar-refractivity contribution is 5.93. The van der Waals surface area contributed by atoms with Crippen LogP contribution in [0.1, 0.15) is 67.5 Å². The van der Waals surface area contributed by atoms with Crippen LogP contribution < -0.4 is 11.1 Å². The van der Waals surface area contributed by atoms with E-state index >= 15 is 0 Å². The van der Waals surface area contributed by atoms with E-state index in [0.717, 1.165) is 23.8 Å². The lowest BCUT2D eigenvalue weighted by molar-refractivity contribution is 0.0916. The van der Waals surface area contributed by atoms with Crippen LogP contribution in [-0.4, -0.2) is 42.0 Å². The van der Waals surface area contributed by atoms with Crippen LogP contribution in [0.15, 0.2) is 24.4 Å². The standard InChI is InChI=1S/C21H28N8O/c22-20-25-27-29(26-20)13-16-12-28-17(6-4-7-18(28)24-16)19(30)23-14-21-9-3-1-2-5-15(11-21)8-10-21/h4,6-7,12,15H,1-3,5,8-11,13-14H2,(H2,22,26)(H,23,30). The molecule has 158 valence electrons. The molecule has 3 aromatic heterocycles. The molecule has 2 bridgehead atoms. The number of tetrazole rings is 1. The van der Waals surface area contributed by atoms with Gasteiger partial charge in [-0.25, -0.2) is 4.98 Å². The molecule has 0 spiro atoms. The van der Waals surface area contributed by atoms with Crippen molar-refractivity contribution in [3.63, 3.8) is 0 Å². The Kier molecular flexibility index (Phi) is 4.88. The molecule has 2 aliphatic carbocycles. The summed E-state index contributed by atoms with van der Waals surface area (Å²) in [4.78, 5) is 19.1. The lowest BCUT2D eigenvalue weighted by Crippen LogP contribution is -2.37. The van der Waals surface area contributed by atoms with E-state index in [1.807, 2.05) is 28.8 Å². The second kappa shape index (κ2) is 7.70. The lowest BCUT2D eigenvalue weighted by Gasteiger charge is -2.31. The maximum absolute atomic E-state index is 13.1. The van der Waals surface area contributed by atoms with Crippen molar-refractivity contribution in [1.82, 2.24) is 34.9 Å². The minimum atomic E-state index is -0.0486. The molecule has 9 nitrogen and oxygen atoms in total. The first-order valence-corrected chi connectivity index (χ1v) is 10.9. The van der Waals surface area contributed by atoms with Crippen molar-refractivity contribution < 1.29 is 4.79 Å². The van der Waals surface area contributed by atoms with Crippen molar-refractivity contribution in [2.75, 3.05) is 12.3 Å². The number of carbonyl (C=O) groups is 1. The van der Waals surface area contributed by atoms with Gasteiger partial charge in [-0.05, 0) is 54.4 Å². The zero-order valence-corrected chi connectivity index (χ0v) is 17.1. The number of aromatic nitrogens is 6. The first-order valence-electron chi connectivity index (χ1n) is 10.9. The van der Waals surface area contributed by atoms with Gasteiger partial charge in [0, 0.05) is 12.7 Å². The summed E-state index contributed by atoms with van der Waals surface area (Å²) in [7, 11) is 0. The maximum atomic E-state index is 13.1. The number of hydrogen-bond acceptors (Lipinski definition) is 6. The summed E-state index contributed by atoms with van der Waals surface area (Å²) < 4.78 is 1.83. The summed E-state index contributed by atoms with van der Waals surface area (Å²) in [5.74, 6) is 0.926. The van der Waals surface area contributed by atoms with Gasteiger partial charge >= 0.3 is 0 Å². The van der Waals surface area contributed by atoms with Gasteiger partial charge in [-0.3, -0.25) is 9.20 Å². The third-order valence-corrected chi connectivity index (χ3v) is 6.79. The molecule has 2 aliphatic rings. The molecule has 1 amide bonds. The number of nitrogens with one attached hydrogen (secondary N) is 1. The molecule has 2 fully saturated rings. The number of anilines is 1. The Balaban J connectivity index is 1.32. The average Bonchev–Trinajstić information content (AvgIpc) is 3.43. The van der Waals surface area contributed by atoms with Crippen LogP contribution in [0.2, 0.25) is 0 Å². The van der Waals surface area contributed by atoms with E-state index in [1.54, 1.807) is 0 Å². The molecule has 0 aliphatic heterocycles. The van der Waals surface area contributed by atoms with Crippen LogP contribution in [0.5, 0.6) is 0 Å². The molecular weight excluding hydrogens is 380 g/mol. The molecule has 9 heteroatoms. The van der Waals surface area contributed by atoms with Crippen LogP contribution in [0, 0.1) is 11.3 Å². The van der Waals surface area contributed by atoms with Gasteiger partial charge in [0.25, 0.3) is 11.9 Å². The van der Waals surface area contributed by atoms with Gasteiger partial charge in [-0.2, -0.15) is 4.80 Å². The number of carbonyl (C=O) groups excluding carboxylic acids is 1. The van der Waals surface area contributed by atoms with Crippen LogP contribution in [0.3, 0.4) is 0 Å². The van der Waals surface area contributed by atoms with Crippen molar-refractivity contribution in [1.29, 1.82) is 0 Å². The van der Waals surface area contributed by atoms with E-state index in [-0.39, 0.29) is 17.3 Å². The smallest absolute Gasteiger partial charge is 0.268 e. The van der Waals surface area contributed by atoms with Crippen molar-refractivity contribution in [2.45, 2.75) is 57.9 Å². The number of pyridine rings is 1. The van der Waals surface area contributed by atoms with Gasteiger partial charge in [-0.15, -0.1) is 5.10 Å². The molecular formula is C21H28N8O. The molecule has 3 N–H and O–H groups in total. The third-order valence-electron chi connectivity index (χ3n) is 6.79. The fraction of sp³-hybridized carbons (Fsp3) is 0.571. The molecule has 2 saturated carbocycles. The zero-order chi connectivity index (χ0) is 20.6. The second-order valence-corrected chi connectivity index (χ2v) is 8.94. The van der Waals surface area contributed by atoms with E-state index in [2.05, 4.69) is 25.7 Å². The largest absolute Gasteiger partial charge is 0.365 e. The van der Waals surface area contributed by atoms with Gasteiger partial charge < -0.3 is 11.1 Å². The topological polar surface area (TPSA) is 116 Å². The lowest BCUT2D eigenvalue weighted by atomic mass is 9.78. The Bertz CT molecular complexity index is 1060. The minimum absolute atomic E-state index is 0.0486. The second-order valence-electron chi connectivity index (χ2n) is 8.94. The molecule has 3 aromatic rings. The number of nitrogens with zero attached hydrogens (tertiary/aromatic N) is 6. The summed E-state index contributed by atoms with van der Waals surface area (Å²) in [6, 6.07) is 5.59. The number of hydrogen-bond donors (Lipinski definition) is 2. The fourth-order valence-electron chi connectivity index (χ4n) is 5.31. The fourth-order valence-corrected chi connectivity index (χ4v) is 5.31. The average molecular weight is 409 g/mol. The van der Waals surface area contributed by atoms with Crippen LogP contribution in [-0.2, 0) is 6.54 Å². The summed E-state index contributed by atoms with van der Waals surface area (Å²) in [5.41, 5.74) is 7.86. The van der Waals surface area contributed by atoms with Gasteiger partial charge in [0.05, 0.1) is 5.69 Å². The monoisotopic (exact) mass is 408 g/mol. The predicted octanol–water partition coefficient (Wildman–Crippen LogP) is 2.43. The number of nitrogens with two attached hydrogens (primary N) is 1. The first kappa shape index (κ1) is 19.0. The van der Waals surface area contributed by atoms with Crippen LogP contribution in [0.4, 0.5) is 5.95 Å². The van der Waals surface area contributed by atoms with Crippen molar-refractivity contribution in [3.8, 4) is 0 Å². The van der Waals surface area contributed by atoms with E-state index in [9.17, 15) is 4.79 Å². The number of amides is 1. The van der Waals surface area contributed by atoms with E-state index < -0.39 is 0 Å². The minimum Gasteiger partial charge on any atom is -0.365 e. The number of nitrogen functional groups attached to an aromatic ring is 1. The van der Waals surface area contributed by atoms with Gasteiger partial charge in [0.2, 0.25) is 0 Å². The summed E-state index contributed by atoms with van der Waals surface area (Å²) in [5, 5.41) is 14.8.